The average Bonchev–Trinajstić information content (AvgIpc) is 3.86. The number of nitrogen functional groups attached to an aromatic ring is 1. The molecular formula is C33H39N11O2S. The van der Waals surface area contributed by atoms with Gasteiger partial charge in [-0.25, -0.2) is 14.6 Å². The number of hydrogen-bond donors (Lipinski definition) is 3. The molecule has 0 bridgehead atoms. The van der Waals surface area contributed by atoms with E-state index in [2.05, 4.69) is 40.5 Å². The lowest BCUT2D eigenvalue weighted by Crippen LogP contribution is -2.33. The quantitative estimate of drug-likeness (QED) is 0.220. The van der Waals surface area contributed by atoms with Gasteiger partial charge in [0.1, 0.15) is 22.6 Å². The molecule has 0 radical (unpaired) electrons. The Balaban J connectivity index is 1.35. The van der Waals surface area contributed by atoms with Crippen LogP contribution in [0.1, 0.15) is 93.9 Å². The van der Waals surface area contributed by atoms with Crippen LogP contribution in [-0.2, 0) is 19.3 Å². The predicted molar refractivity (Wildman–Crippen MR) is 180 cm³/mol. The van der Waals surface area contributed by atoms with Crippen molar-refractivity contribution in [2.24, 2.45) is 0 Å². The van der Waals surface area contributed by atoms with Gasteiger partial charge in [0, 0.05) is 60.5 Å². The van der Waals surface area contributed by atoms with Crippen molar-refractivity contribution in [3.8, 4) is 23.4 Å². The van der Waals surface area contributed by atoms with Crippen LogP contribution in [0.2, 0.25) is 0 Å². The molecule has 3 aliphatic rings. The first-order valence-electron chi connectivity index (χ1n) is 16.3. The van der Waals surface area contributed by atoms with Gasteiger partial charge in [0.05, 0.1) is 11.1 Å². The summed E-state index contributed by atoms with van der Waals surface area (Å²) >= 11 is 1.49. The lowest BCUT2D eigenvalue weighted by atomic mass is 9.81. The zero-order valence-electron chi connectivity index (χ0n) is 27.0. The number of thiophene rings is 1. The van der Waals surface area contributed by atoms with Crippen LogP contribution < -0.4 is 11.1 Å². The number of rotatable bonds is 9. The van der Waals surface area contributed by atoms with E-state index in [0.717, 1.165) is 78.8 Å². The largest absolute Gasteiger partial charge is 0.389 e. The van der Waals surface area contributed by atoms with E-state index in [-0.39, 0.29) is 11.8 Å². The summed E-state index contributed by atoms with van der Waals surface area (Å²) in [5, 5.41) is 31.7. The highest BCUT2D eigenvalue weighted by Gasteiger charge is 2.36. The van der Waals surface area contributed by atoms with E-state index in [0.29, 0.717) is 70.5 Å². The molecule has 14 heteroatoms. The number of nitrogens with one attached hydrogen (secondary N) is 2. The lowest BCUT2D eigenvalue weighted by molar-refractivity contribution is 0.0774. The first-order valence-corrected chi connectivity index (χ1v) is 17.1. The van der Waals surface area contributed by atoms with E-state index in [4.69, 9.17) is 25.6 Å². The second-order valence-electron chi connectivity index (χ2n) is 12.7. The second kappa shape index (κ2) is 12.5. The molecule has 4 aromatic rings. The van der Waals surface area contributed by atoms with Gasteiger partial charge in [-0.05, 0) is 64.1 Å². The van der Waals surface area contributed by atoms with Crippen molar-refractivity contribution in [1.82, 2.24) is 34.7 Å². The molecule has 47 heavy (non-hydrogen) atoms. The third-order valence-electron chi connectivity index (χ3n) is 9.77. The molecule has 2 aliphatic heterocycles. The molecule has 1 aliphatic carbocycles. The van der Waals surface area contributed by atoms with Crippen molar-refractivity contribution in [3.05, 3.63) is 50.3 Å². The molecule has 2 atom stereocenters. The minimum absolute atomic E-state index is 0.136. The molecule has 7 rings (SSSR count). The third kappa shape index (κ3) is 5.37. The van der Waals surface area contributed by atoms with Crippen molar-refractivity contribution >= 4 is 34.3 Å². The smallest absolute Gasteiger partial charge is 0.274 e. The van der Waals surface area contributed by atoms with Gasteiger partial charge in [-0.1, -0.05) is 18.5 Å². The molecule has 0 spiro atoms. The van der Waals surface area contributed by atoms with Crippen molar-refractivity contribution in [1.29, 1.82) is 10.7 Å². The number of carbonyl (C=O) groups is 1. The summed E-state index contributed by atoms with van der Waals surface area (Å²) < 4.78 is 7.72. The number of carbonyl (C=O) groups excluding carboxylic acids is 1. The van der Waals surface area contributed by atoms with Crippen molar-refractivity contribution in [2.45, 2.75) is 70.3 Å². The van der Waals surface area contributed by atoms with Gasteiger partial charge in [-0.2, -0.15) is 10.4 Å². The van der Waals surface area contributed by atoms with Crippen LogP contribution in [0.5, 0.6) is 0 Å². The zero-order chi connectivity index (χ0) is 32.8. The van der Waals surface area contributed by atoms with Crippen molar-refractivity contribution < 1.29 is 9.32 Å². The van der Waals surface area contributed by atoms with Crippen LogP contribution in [0.25, 0.3) is 17.3 Å². The molecule has 4 aromatic heterocycles. The summed E-state index contributed by atoms with van der Waals surface area (Å²) in [4.78, 5) is 28.0. The minimum atomic E-state index is -0.138. The normalized spacial score (nSPS) is 19.4. The number of nitrogens with two attached hydrogens (primary N) is 1. The fraction of sp³-hybridized carbons (Fsp3) is 0.485. The fourth-order valence-corrected chi connectivity index (χ4v) is 8.40. The highest BCUT2D eigenvalue weighted by molar-refractivity contribution is 7.16. The number of aromatic nitrogens is 5. The molecule has 4 N–H and O–H groups in total. The van der Waals surface area contributed by atoms with Gasteiger partial charge >= 0.3 is 0 Å². The first-order chi connectivity index (χ1) is 22.8. The number of fused-ring (bicyclic) bond motifs is 2. The summed E-state index contributed by atoms with van der Waals surface area (Å²) in [5.74, 6) is 1.70. The maximum atomic E-state index is 12.9. The predicted octanol–water partition coefficient (Wildman–Crippen LogP) is 4.39. The lowest BCUT2D eigenvalue weighted by Gasteiger charge is -2.22. The number of anilines is 2. The summed E-state index contributed by atoms with van der Waals surface area (Å²) in [6.07, 6.45) is 10.2. The van der Waals surface area contributed by atoms with E-state index in [1.807, 2.05) is 6.20 Å². The molecule has 244 valence electrons. The Kier molecular flexibility index (Phi) is 8.27. The van der Waals surface area contributed by atoms with Crippen LogP contribution in [-0.4, -0.2) is 86.6 Å². The Bertz CT molecular complexity index is 1900. The monoisotopic (exact) mass is 653 g/mol. The van der Waals surface area contributed by atoms with E-state index < -0.39 is 0 Å². The topological polar surface area (TPSA) is 179 Å². The van der Waals surface area contributed by atoms with Gasteiger partial charge < -0.3 is 30.8 Å². The summed E-state index contributed by atoms with van der Waals surface area (Å²) in [7, 11) is 3.90. The second-order valence-corrected chi connectivity index (χ2v) is 13.9. The highest BCUT2D eigenvalue weighted by atomic mass is 32.1. The van der Waals surface area contributed by atoms with E-state index in [1.165, 1.54) is 17.6 Å². The molecule has 1 saturated heterocycles. The minimum Gasteiger partial charge on any atom is -0.389 e. The Morgan fingerprint density at radius 2 is 2.06 bits per heavy atom. The maximum absolute atomic E-state index is 12.9. The zero-order valence-corrected chi connectivity index (χ0v) is 27.8. The van der Waals surface area contributed by atoms with E-state index >= 15 is 0 Å². The maximum Gasteiger partial charge on any atom is 0.274 e. The summed E-state index contributed by atoms with van der Waals surface area (Å²) in [6, 6.07) is 2.69. The number of aryl methyl sites for hydroxylation is 1. The number of nitrogens with zero attached hydrogens (tertiary/aromatic N) is 8. The molecule has 0 aromatic carbocycles. The molecule has 13 nitrogen and oxygen atoms in total. The van der Waals surface area contributed by atoms with Gasteiger partial charge in [0.2, 0.25) is 0 Å². The number of likely N-dealkylation sites (tertiary alicyclic amines) is 1. The molecule has 6 heterocycles. The summed E-state index contributed by atoms with van der Waals surface area (Å²) in [6.45, 7) is 4.43. The number of hydrogen-bond acceptors (Lipinski definition) is 12. The van der Waals surface area contributed by atoms with Crippen LogP contribution in [0.3, 0.4) is 0 Å². The molecule has 1 fully saturated rings. The number of amides is 1. The average molecular weight is 654 g/mol. The number of nitriles is 1. The Morgan fingerprint density at radius 3 is 2.81 bits per heavy atom. The SMILES string of the molecule is CCCc1sc(N)c(C#N)c1C1CCCc2c(-c3nc(NCC4CCCN4C)c(C=N)c(-n4cc5c(n4)C(=O)N(C)CC5)n3)noc21. The fourth-order valence-electron chi connectivity index (χ4n) is 7.22. The van der Waals surface area contributed by atoms with Gasteiger partial charge in [0.15, 0.2) is 23.0 Å². The van der Waals surface area contributed by atoms with Crippen molar-refractivity contribution in [2.75, 3.05) is 44.8 Å². The molecule has 0 saturated carbocycles. The van der Waals surface area contributed by atoms with Gasteiger partial charge in [-0.15, -0.1) is 11.3 Å². The van der Waals surface area contributed by atoms with Crippen LogP contribution >= 0.6 is 11.3 Å². The molecular weight excluding hydrogens is 615 g/mol. The van der Waals surface area contributed by atoms with Crippen LogP contribution in [0.4, 0.5) is 10.8 Å². The Labute approximate surface area is 277 Å². The van der Waals surface area contributed by atoms with Gasteiger partial charge in [-0.3, -0.25) is 4.79 Å². The number of likely N-dealkylation sites (N-methyl/N-ethyl adjacent to an activating group) is 2. The summed E-state index contributed by atoms with van der Waals surface area (Å²) in [5.41, 5.74) is 11.0. The van der Waals surface area contributed by atoms with Crippen LogP contribution in [0.15, 0.2) is 10.7 Å². The van der Waals surface area contributed by atoms with E-state index in [9.17, 15) is 10.1 Å². The third-order valence-corrected chi connectivity index (χ3v) is 10.9. The Morgan fingerprint density at radius 1 is 1.21 bits per heavy atom. The molecule has 1 amide bonds. The Hall–Kier alpha value is -4.61. The first kappa shape index (κ1) is 31.0. The van der Waals surface area contributed by atoms with Crippen molar-refractivity contribution in [3.63, 3.8) is 0 Å². The standard InChI is InChI=1S/C33H39N11O2S/c1-4-7-24-25(22(14-34)29(36)47-24)20-9-5-10-21-27(41-46-28(20)21)31-38-30(37-16-19-8-6-12-42(19)2)23(15-35)32(39-31)44-17-18-11-13-43(3)33(45)26(18)40-44/h15,17,19-20,35H,4-13,16,36H2,1-3H3,(H,37,38,39). The highest BCUT2D eigenvalue weighted by Crippen LogP contribution is 2.46. The molecule has 2 unspecified atom stereocenters. The van der Waals surface area contributed by atoms with E-state index in [1.54, 1.807) is 16.6 Å². The van der Waals surface area contributed by atoms with Crippen LogP contribution in [0, 0.1) is 16.7 Å². The van der Waals surface area contributed by atoms with Gasteiger partial charge in [0.25, 0.3) is 5.91 Å².